The second-order valence-corrected chi connectivity index (χ2v) is 4.01. The minimum absolute atomic E-state index is 0.0439. The first kappa shape index (κ1) is 11.1. The molecule has 1 aromatic heterocycles. The Morgan fingerprint density at radius 3 is 2.88 bits per heavy atom. The summed E-state index contributed by atoms with van der Waals surface area (Å²) in [5, 5.41) is 3.65. The molecule has 0 aliphatic heterocycles. The van der Waals surface area contributed by atoms with Crippen LogP contribution in [0.1, 0.15) is 61.5 Å². The van der Waals surface area contributed by atoms with Crippen LogP contribution in [0.4, 0.5) is 0 Å². The van der Waals surface area contributed by atoms with Gasteiger partial charge in [-0.05, 0) is 24.9 Å². The van der Waals surface area contributed by atoms with Crippen molar-refractivity contribution in [3.05, 3.63) is 11.7 Å². The maximum atomic E-state index is 11.3. The van der Waals surface area contributed by atoms with E-state index in [1.165, 1.54) is 19.3 Å². The highest BCUT2D eigenvalue weighted by Gasteiger charge is 2.23. The third-order valence-electron chi connectivity index (χ3n) is 2.85. The number of aromatic nitrogens is 2. The third kappa shape index (κ3) is 2.40. The molecule has 1 aliphatic carbocycles. The second kappa shape index (κ2) is 5.09. The van der Waals surface area contributed by atoms with Crippen molar-refractivity contribution in [1.82, 2.24) is 10.1 Å². The van der Waals surface area contributed by atoms with E-state index in [1.54, 1.807) is 6.92 Å². The maximum Gasteiger partial charge on any atom is 0.379 e. The predicted octanol–water partition coefficient (Wildman–Crippen LogP) is 2.29. The van der Waals surface area contributed by atoms with Crippen LogP contribution in [0.2, 0.25) is 0 Å². The van der Waals surface area contributed by atoms with Crippen LogP contribution in [-0.4, -0.2) is 22.7 Å². The zero-order valence-corrected chi connectivity index (χ0v) is 9.44. The van der Waals surface area contributed by atoms with Crippen molar-refractivity contribution in [3.63, 3.8) is 0 Å². The van der Waals surface area contributed by atoms with Crippen LogP contribution in [-0.2, 0) is 4.74 Å². The SMILES string of the molecule is CCOC(=O)c1noc(C2CCCCC2)n1. The zero-order valence-electron chi connectivity index (χ0n) is 9.44. The van der Waals surface area contributed by atoms with E-state index >= 15 is 0 Å². The van der Waals surface area contributed by atoms with Gasteiger partial charge in [0, 0.05) is 5.92 Å². The van der Waals surface area contributed by atoms with E-state index in [0.717, 1.165) is 12.8 Å². The molecule has 5 heteroatoms. The van der Waals surface area contributed by atoms with E-state index in [0.29, 0.717) is 18.4 Å². The largest absolute Gasteiger partial charge is 0.460 e. The van der Waals surface area contributed by atoms with Gasteiger partial charge in [0.1, 0.15) is 0 Å². The van der Waals surface area contributed by atoms with Crippen LogP contribution in [0, 0.1) is 0 Å². The summed E-state index contributed by atoms with van der Waals surface area (Å²) in [5.41, 5.74) is 0. The number of nitrogens with zero attached hydrogens (tertiary/aromatic N) is 2. The molecular formula is C11H16N2O3. The Hall–Kier alpha value is -1.39. The van der Waals surface area contributed by atoms with Gasteiger partial charge in [0.15, 0.2) is 0 Å². The highest BCUT2D eigenvalue weighted by atomic mass is 16.5. The summed E-state index contributed by atoms with van der Waals surface area (Å²) >= 11 is 0. The average molecular weight is 224 g/mol. The summed E-state index contributed by atoms with van der Waals surface area (Å²) in [5.74, 6) is 0.447. The number of hydrogen-bond donors (Lipinski definition) is 0. The van der Waals surface area contributed by atoms with E-state index in [1.807, 2.05) is 0 Å². The van der Waals surface area contributed by atoms with Gasteiger partial charge in [-0.3, -0.25) is 0 Å². The molecule has 0 N–H and O–H groups in total. The topological polar surface area (TPSA) is 65.2 Å². The second-order valence-electron chi connectivity index (χ2n) is 4.01. The van der Waals surface area contributed by atoms with E-state index in [4.69, 9.17) is 9.26 Å². The summed E-state index contributed by atoms with van der Waals surface area (Å²) in [6.07, 6.45) is 5.81. The van der Waals surface area contributed by atoms with Gasteiger partial charge < -0.3 is 9.26 Å². The van der Waals surface area contributed by atoms with Gasteiger partial charge >= 0.3 is 5.97 Å². The minimum atomic E-state index is -0.506. The summed E-state index contributed by atoms with van der Waals surface area (Å²) < 4.78 is 9.91. The zero-order chi connectivity index (χ0) is 11.4. The predicted molar refractivity (Wildman–Crippen MR) is 56.1 cm³/mol. The molecule has 0 bridgehead atoms. The van der Waals surface area contributed by atoms with Crippen LogP contribution in [0.25, 0.3) is 0 Å². The van der Waals surface area contributed by atoms with E-state index in [-0.39, 0.29) is 5.82 Å². The number of carbonyl (C=O) groups excluding carboxylic acids is 1. The Kier molecular flexibility index (Phi) is 3.54. The van der Waals surface area contributed by atoms with E-state index < -0.39 is 5.97 Å². The number of carbonyl (C=O) groups is 1. The molecule has 0 unspecified atom stereocenters. The van der Waals surface area contributed by atoms with Gasteiger partial charge in [0.25, 0.3) is 5.82 Å². The lowest BCUT2D eigenvalue weighted by Gasteiger charge is -2.17. The Morgan fingerprint density at radius 2 is 2.19 bits per heavy atom. The number of esters is 1. The Balaban J connectivity index is 2.03. The molecule has 2 rings (SSSR count). The molecule has 0 spiro atoms. The van der Waals surface area contributed by atoms with Crippen molar-refractivity contribution in [2.45, 2.75) is 44.9 Å². The van der Waals surface area contributed by atoms with Crippen LogP contribution in [0.3, 0.4) is 0 Å². The van der Waals surface area contributed by atoms with Crippen molar-refractivity contribution in [3.8, 4) is 0 Å². The molecule has 1 saturated carbocycles. The first-order valence-electron chi connectivity index (χ1n) is 5.82. The number of rotatable bonds is 3. The average Bonchev–Trinajstić information content (AvgIpc) is 2.80. The molecule has 88 valence electrons. The Labute approximate surface area is 94.2 Å². The van der Waals surface area contributed by atoms with Crippen molar-refractivity contribution < 1.29 is 14.1 Å². The van der Waals surface area contributed by atoms with Gasteiger partial charge in [0.2, 0.25) is 5.89 Å². The monoisotopic (exact) mass is 224 g/mol. The standard InChI is InChI=1S/C11H16N2O3/c1-2-15-11(14)9-12-10(16-13-9)8-6-4-3-5-7-8/h8H,2-7H2,1H3. The van der Waals surface area contributed by atoms with Gasteiger partial charge in [0.05, 0.1) is 6.61 Å². The van der Waals surface area contributed by atoms with Crippen LogP contribution < -0.4 is 0 Å². The molecular weight excluding hydrogens is 208 g/mol. The quantitative estimate of drug-likeness (QED) is 0.737. The lowest BCUT2D eigenvalue weighted by Crippen LogP contribution is -2.08. The molecule has 5 nitrogen and oxygen atoms in total. The summed E-state index contributed by atoms with van der Waals surface area (Å²) in [7, 11) is 0. The van der Waals surface area contributed by atoms with Gasteiger partial charge in [-0.15, -0.1) is 0 Å². The van der Waals surface area contributed by atoms with E-state index in [9.17, 15) is 4.79 Å². The molecule has 0 aromatic carbocycles. The minimum Gasteiger partial charge on any atom is -0.460 e. The molecule has 1 fully saturated rings. The molecule has 1 aromatic rings. The summed E-state index contributed by atoms with van der Waals surface area (Å²) in [6, 6.07) is 0. The maximum absolute atomic E-state index is 11.3. The molecule has 16 heavy (non-hydrogen) atoms. The molecule has 1 heterocycles. The molecule has 1 aliphatic rings. The van der Waals surface area contributed by atoms with Crippen LogP contribution in [0.15, 0.2) is 4.52 Å². The molecule has 0 atom stereocenters. The molecule has 0 amide bonds. The lowest BCUT2D eigenvalue weighted by atomic mass is 9.89. The molecule has 0 radical (unpaired) electrons. The highest BCUT2D eigenvalue weighted by Crippen LogP contribution is 2.31. The van der Waals surface area contributed by atoms with Crippen molar-refractivity contribution in [1.29, 1.82) is 0 Å². The molecule has 0 saturated heterocycles. The first-order chi connectivity index (χ1) is 7.81. The fourth-order valence-corrected chi connectivity index (χ4v) is 2.03. The number of ether oxygens (including phenoxy) is 1. The fourth-order valence-electron chi connectivity index (χ4n) is 2.03. The van der Waals surface area contributed by atoms with Crippen LogP contribution in [0.5, 0.6) is 0 Å². The number of hydrogen-bond acceptors (Lipinski definition) is 5. The van der Waals surface area contributed by atoms with Gasteiger partial charge in [-0.2, -0.15) is 4.98 Å². The first-order valence-corrected chi connectivity index (χ1v) is 5.82. The summed E-state index contributed by atoms with van der Waals surface area (Å²) in [4.78, 5) is 15.4. The Bertz CT molecular complexity index is 356. The lowest BCUT2D eigenvalue weighted by molar-refractivity contribution is 0.0508. The van der Waals surface area contributed by atoms with Crippen molar-refractivity contribution >= 4 is 5.97 Å². The van der Waals surface area contributed by atoms with Crippen molar-refractivity contribution in [2.24, 2.45) is 0 Å². The highest BCUT2D eigenvalue weighted by molar-refractivity contribution is 5.84. The van der Waals surface area contributed by atoms with Gasteiger partial charge in [-0.25, -0.2) is 4.79 Å². The fraction of sp³-hybridized carbons (Fsp3) is 0.727. The summed E-state index contributed by atoms with van der Waals surface area (Å²) in [6.45, 7) is 2.08. The Morgan fingerprint density at radius 1 is 1.44 bits per heavy atom. The van der Waals surface area contributed by atoms with Crippen LogP contribution >= 0.6 is 0 Å². The smallest absolute Gasteiger partial charge is 0.379 e. The normalized spacial score (nSPS) is 17.3. The van der Waals surface area contributed by atoms with Gasteiger partial charge in [-0.1, -0.05) is 19.3 Å². The van der Waals surface area contributed by atoms with Crippen molar-refractivity contribution in [2.75, 3.05) is 6.61 Å². The van der Waals surface area contributed by atoms with E-state index in [2.05, 4.69) is 10.1 Å². The third-order valence-corrected chi connectivity index (χ3v) is 2.85.